The van der Waals surface area contributed by atoms with E-state index in [2.05, 4.69) is 15.6 Å². The van der Waals surface area contributed by atoms with E-state index in [1.165, 1.54) is 12.4 Å². The number of nitrogens with one attached hydrogen (secondary N) is 2. The Morgan fingerprint density at radius 2 is 1.97 bits per heavy atom. The van der Waals surface area contributed by atoms with Crippen molar-refractivity contribution in [3.63, 3.8) is 0 Å². The van der Waals surface area contributed by atoms with Gasteiger partial charge in [0.25, 0.3) is 11.8 Å². The van der Waals surface area contributed by atoms with Gasteiger partial charge in [0.2, 0.25) is 0 Å². The second-order valence-electron chi connectivity index (χ2n) is 8.32. The van der Waals surface area contributed by atoms with E-state index in [-0.39, 0.29) is 33.5 Å². The molecule has 180 valence electrons. The summed E-state index contributed by atoms with van der Waals surface area (Å²) in [6, 6.07) is 0.967. The highest BCUT2D eigenvalue weighted by atomic mass is 32.1. The molecule has 2 aromatic heterocycles. The van der Waals surface area contributed by atoms with Gasteiger partial charge in [0.15, 0.2) is 0 Å². The predicted molar refractivity (Wildman–Crippen MR) is 119 cm³/mol. The van der Waals surface area contributed by atoms with Crippen molar-refractivity contribution in [2.24, 2.45) is 0 Å². The lowest BCUT2D eigenvalue weighted by atomic mass is 10.0. The number of likely N-dealkylation sites (N-methyl/N-ethyl adjacent to an activating group) is 1. The van der Waals surface area contributed by atoms with E-state index >= 15 is 0 Å². The second kappa shape index (κ2) is 9.43. The minimum Gasteiger partial charge on any atom is -0.366 e. The average Bonchev–Trinajstić information content (AvgIpc) is 3.21. The number of ether oxygens (including phenoxy) is 1. The molecule has 33 heavy (non-hydrogen) atoms. The van der Waals surface area contributed by atoms with Crippen LogP contribution in [0, 0.1) is 0 Å². The van der Waals surface area contributed by atoms with Crippen LogP contribution in [0.2, 0.25) is 0 Å². The number of carbonyl (C=O) groups excluding carboxylic acids is 2. The minimum absolute atomic E-state index is 0.0514. The summed E-state index contributed by atoms with van der Waals surface area (Å²) in [6.07, 6.45) is -3.94. The zero-order valence-electron chi connectivity index (χ0n) is 18.4. The van der Waals surface area contributed by atoms with Gasteiger partial charge in [0.1, 0.15) is 11.9 Å². The number of halogens is 3. The van der Waals surface area contributed by atoms with Gasteiger partial charge >= 0.3 is 6.18 Å². The van der Waals surface area contributed by atoms with Crippen molar-refractivity contribution in [3.8, 4) is 0 Å². The molecule has 8 nitrogen and oxygen atoms in total. The van der Waals surface area contributed by atoms with Crippen LogP contribution < -0.4 is 15.5 Å². The van der Waals surface area contributed by atoms with Crippen molar-refractivity contribution in [1.82, 2.24) is 20.5 Å². The number of pyridine rings is 1. The summed E-state index contributed by atoms with van der Waals surface area (Å²) < 4.78 is 46.8. The molecule has 0 aliphatic carbocycles. The van der Waals surface area contributed by atoms with E-state index < -0.39 is 23.8 Å². The maximum Gasteiger partial charge on any atom is 0.417 e. The van der Waals surface area contributed by atoms with E-state index in [9.17, 15) is 22.8 Å². The lowest BCUT2D eigenvalue weighted by molar-refractivity contribution is -0.138. The summed E-state index contributed by atoms with van der Waals surface area (Å²) in [7, 11) is 3.36. The van der Waals surface area contributed by atoms with Crippen LogP contribution in [0.25, 0.3) is 10.2 Å². The van der Waals surface area contributed by atoms with E-state index in [1.54, 1.807) is 4.90 Å². The monoisotopic (exact) mass is 485 g/mol. The van der Waals surface area contributed by atoms with Crippen LogP contribution in [-0.2, 0) is 15.7 Å². The molecule has 0 spiro atoms. The number of anilines is 1. The number of aromatic nitrogens is 1. The maximum atomic E-state index is 13.8. The third-order valence-corrected chi connectivity index (χ3v) is 7.02. The van der Waals surface area contributed by atoms with Crippen molar-refractivity contribution < 1.29 is 27.5 Å². The predicted octanol–water partition coefficient (Wildman–Crippen LogP) is 2.09. The van der Waals surface area contributed by atoms with E-state index in [4.69, 9.17) is 4.74 Å². The zero-order valence-corrected chi connectivity index (χ0v) is 19.2. The number of nitrogens with zero attached hydrogens (tertiary/aromatic N) is 3. The lowest BCUT2D eigenvalue weighted by Crippen LogP contribution is -2.52. The molecule has 2 aliphatic rings. The van der Waals surface area contributed by atoms with E-state index in [0.29, 0.717) is 39.1 Å². The average molecular weight is 486 g/mol. The molecule has 0 aromatic carbocycles. The molecule has 0 bridgehead atoms. The number of hydrogen-bond acceptors (Lipinski definition) is 7. The quantitative estimate of drug-likeness (QED) is 0.690. The van der Waals surface area contributed by atoms with Crippen LogP contribution >= 0.6 is 11.3 Å². The maximum absolute atomic E-state index is 13.8. The highest BCUT2D eigenvalue weighted by Gasteiger charge is 2.36. The fourth-order valence-electron chi connectivity index (χ4n) is 4.15. The molecule has 2 N–H and O–H groups in total. The van der Waals surface area contributed by atoms with Crippen LogP contribution in [0.4, 0.5) is 19.0 Å². The van der Waals surface area contributed by atoms with Crippen molar-refractivity contribution >= 4 is 39.2 Å². The van der Waals surface area contributed by atoms with Crippen LogP contribution in [0.3, 0.4) is 0 Å². The van der Waals surface area contributed by atoms with Gasteiger partial charge in [0.05, 0.1) is 28.0 Å². The van der Waals surface area contributed by atoms with Gasteiger partial charge in [-0.1, -0.05) is 0 Å². The second-order valence-corrected chi connectivity index (χ2v) is 9.20. The Hall–Kier alpha value is -2.44. The van der Waals surface area contributed by atoms with Crippen molar-refractivity contribution in [1.29, 1.82) is 0 Å². The number of rotatable bonds is 4. The van der Waals surface area contributed by atoms with Gasteiger partial charge in [-0.05, 0) is 26.0 Å². The van der Waals surface area contributed by atoms with Gasteiger partial charge in [0, 0.05) is 44.6 Å². The number of hydrogen-bond donors (Lipinski definition) is 2. The zero-order chi connectivity index (χ0) is 23.8. The number of amides is 2. The molecule has 2 amide bonds. The first kappa shape index (κ1) is 23.7. The topological polar surface area (TPSA) is 86.8 Å². The Morgan fingerprint density at radius 1 is 1.24 bits per heavy atom. The van der Waals surface area contributed by atoms with Gasteiger partial charge < -0.3 is 25.2 Å². The fraction of sp³-hybridized carbons (Fsp3) is 0.571. The molecule has 1 atom stereocenters. The van der Waals surface area contributed by atoms with E-state index in [0.717, 1.165) is 23.9 Å². The lowest BCUT2D eigenvalue weighted by Gasteiger charge is -2.35. The number of fused-ring (bicyclic) bond motifs is 1. The van der Waals surface area contributed by atoms with Crippen molar-refractivity contribution in [2.75, 3.05) is 51.8 Å². The Labute approximate surface area is 193 Å². The first-order chi connectivity index (χ1) is 15.7. The molecule has 1 unspecified atom stereocenters. The standard InChI is InChI=1S/C21H26F3N5O3S/c1-25-19(30)13-11-33-18-14(21(22,23)24)9-16(27-17(13)18)29-5-3-12(4-6-29)26-20(31)15-10-28(2)7-8-32-15/h9,11-12,15H,3-8,10H2,1-2H3,(H,25,30)(H,26,31). The van der Waals surface area contributed by atoms with Crippen LogP contribution in [0.5, 0.6) is 0 Å². The van der Waals surface area contributed by atoms with Crippen LogP contribution in [0.1, 0.15) is 28.8 Å². The number of piperidine rings is 1. The van der Waals surface area contributed by atoms with Crippen LogP contribution in [0.15, 0.2) is 11.4 Å². The Kier molecular flexibility index (Phi) is 6.78. The van der Waals surface area contributed by atoms with Gasteiger partial charge in [-0.25, -0.2) is 4.98 Å². The first-order valence-corrected chi connectivity index (χ1v) is 11.6. The minimum atomic E-state index is -4.57. The Morgan fingerprint density at radius 3 is 2.61 bits per heavy atom. The third-order valence-electron chi connectivity index (χ3n) is 6.01. The summed E-state index contributed by atoms with van der Waals surface area (Å²) >= 11 is 0.863. The molecule has 2 saturated heterocycles. The van der Waals surface area contributed by atoms with Gasteiger partial charge in [-0.2, -0.15) is 13.2 Å². The van der Waals surface area contributed by atoms with Gasteiger partial charge in [-0.15, -0.1) is 11.3 Å². The highest BCUT2D eigenvalue weighted by molar-refractivity contribution is 7.17. The number of morpholine rings is 1. The molecule has 4 rings (SSSR count). The van der Waals surface area contributed by atoms with Crippen molar-refractivity contribution in [3.05, 3.63) is 22.6 Å². The first-order valence-electron chi connectivity index (χ1n) is 10.7. The number of alkyl halides is 3. The largest absolute Gasteiger partial charge is 0.417 e. The highest BCUT2D eigenvalue weighted by Crippen LogP contribution is 2.40. The molecular formula is C21H26F3N5O3S. The SMILES string of the molecule is CNC(=O)c1csc2c(C(F)(F)F)cc(N3CCC(NC(=O)C4CN(C)CCO4)CC3)nc12. The molecule has 2 fully saturated rings. The molecule has 2 aromatic rings. The molecule has 0 saturated carbocycles. The molecule has 4 heterocycles. The van der Waals surface area contributed by atoms with Gasteiger partial charge in [-0.3, -0.25) is 9.59 Å². The number of carbonyl (C=O) groups is 2. The number of thiophene rings is 1. The van der Waals surface area contributed by atoms with Crippen LogP contribution in [-0.4, -0.2) is 80.7 Å². The summed E-state index contributed by atoms with van der Waals surface area (Å²) in [5.74, 6) is -0.455. The third kappa shape index (κ3) is 5.07. The van der Waals surface area contributed by atoms with Crippen molar-refractivity contribution in [2.45, 2.75) is 31.2 Å². The Balaban J connectivity index is 1.49. The normalized spacial score (nSPS) is 20.8. The summed E-state index contributed by atoms with van der Waals surface area (Å²) in [5.41, 5.74) is -0.612. The summed E-state index contributed by atoms with van der Waals surface area (Å²) in [6.45, 7) is 2.69. The van der Waals surface area contributed by atoms with E-state index in [1.807, 2.05) is 11.9 Å². The smallest absolute Gasteiger partial charge is 0.366 e. The summed E-state index contributed by atoms with van der Waals surface area (Å²) in [4.78, 5) is 32.9. The fourth-order valence-corrected chi connectivity index (χ4v) is 5.17. The molecule has 2 aliphatic heterocycles. The molecule has 0 radical (unpaired) electrons. The summed E-state index contributed by atoms with van der Waals surface area (Å²) in [5, 5.41) is 6.86. The molecular weight excluding hydrogens is 459 g/mol. The Bertz CT molecular complexity index is 1040. The molecule has 12 heteroatoms.